The average molecular weight is 370 g/mol. The maximum Gasteiger partial charge on any atom is 0.410 e. The zero-order valence-electron chi connectivity index (χ0n) is 15.4. The molecule has 1 atom stereocenters. The van der Waals surface area contributed by atoms with Gasteiger partial charge in [-0.05, 0) is 38.5 Å². The minimum Gasteiger partial charge on any atom is -0.444 e. The van der Waals surface area contributed by atoms with Crippen LogP contribution in [0.2, 0.25) is 0 Å². The lowest BCUT2D eigenvalue weighted by atomic mass is 10.1. The van der Waals surface area contributed by atoms with Crippen LogP contribution in [0.4, 0.5) is 13.6 Å². The van der Waals surface area contributed by atoms with Crippen molar-refractivity contribution in [1.29, 1.82) is 0 Å². The van der Waals surface area contributed by atoms with Crippen LogP contribution in [0, 0.1) is 11.6 Å². The Morgan fingerprint density at radius 2 is 2.00 bits per heavy atom. The fourth-order valence-electron chi connectivity index (χ4n) is 2.50. The van der Waals surface area contributed by atoms with Gasteiger partial charge in [0.1, 0.15) is 18.2 Å². The number of hydrogen-bond donors (Lipinski definition) is 0. The van der Waals surface area contributed by atoms with E-state index in [1.165, 1.54) is 22.9 Å². The van der Waals surface area contributed by atoms with Gasteiger partial charge in [-0.2, -0.15) is 0 Å². The third kappa shape index (κ3) is 5.39. The molecule has 2 amide bonds. The molecule has 1 unspecified atom stereocenters. The van der Waals surface area contributed by atoms with Crippen molar-refractivity contribution < 1.29 is 27.8 Å². The molecule has 0 radical (unpaired) electrons. The number of ether oxygens (including phenoxy) is 2. The SMILES string of the molecule is CN(CC(=O)N1CCOC(c2ccc(F)c(F)c2)C1)C(=O)OC(C)(C)C. The number of hydrogen-bond acceptors (Lipinski definition) is 4. The van der Waals surface area contributed by atoms with E-state index in [-0.39, 0.29) is 25.6 Å². The summed E-state index contributed by atoms with van der Waals surface area (Å²) in [6.45, 7) is 5.93. The molecule has 144 valence electrons. The summed E-state index contributed by atoms with van der Waals surface area (Å²) in [4.78, 5) is 27.2. The highest BCUT2D eigenvalue weighted by molar-refractivity contribution is 5.82. The van der Waals surface area contributed by atoms with E-state index >= 15 is 0 Å². The van der Waals surface area contributed by atoms with Crippen molar-refractivity contribution >= 4 is 12.0 Å². The largest absolute Gasteiger partial charge is 0.444 e. The fraction of sp³-hybridized carbons (Fsp3) is 0.556. The fourth-order valence-corrected chi connectivity index (χ4v) is 2.50. The number of nitrogens with zero attached hydrogens (tertiary/aromatic N) is 2. The van der Waals surface area contributed by atoms with Crippen LogP contribution in [0.1, 0.15) is 32.4 Å². The Balaban J connectivity index is 1.96. The number of rotatable bonds is 3. The summed E-state index contributed by atoms with van der Waals surface area (Å²) >= 11 is 0. The van der Waals surface area contributed by atoms with E-state index in [1.54, 1.807) is 20.8 Å². The Bertz CT molecular complexity index is 676. The minimum atomic E-state index is -0.959. The minimum absolute atomic E-state index is 0.139. The second-order valence-electron chi connectivity index (χ2n) is 7.21. The van der Waals surface area contributed by atoms with Crippen molar-refractivity contribution in [2.24, 2.45) is 0 Å². The Labute approximate surface area is 151 Å². The molecule has 8 heteroatoms. The van der Waals surface area contributed by atoms with Gasteiger partial charge in [-0.3, -0.25) is 4.79 Å². The Morgan fingerprint density at radius 1 is 1.31 bits per heavy atom. The molecule has 0 spiro atoms. The van der Waals surface area contributed by atoms with E-state index in [0.29, 0.717) is 12.1 Å². The van der Waals surface area contributed by atoms with Gasteiger partial charge in [0.25, 0.3) is 0 Å². The van der Waals surface area contributed by atoms with Crippen LogP contribution in [0.15, 0.2) is 18.2 Å². The van der Waals surface area contributed by atoms with Crippen molar-refractivity contribution in [1.82, 2.24) is 9.80 Å². The highest BCUT2D eigenvalue weighted by Crippen LogP contribution is 2.24. The molecule has 0 N–H and O–H groups in total. The number of likely N-dealkylation sites (N-methyl/N-ethyl adjacent to an activating group) is 1. The van der Waals surface area contributed by atoms with Crippen molar-refractivity contribution in [2.45, 2.75) is 32.5 Å². The first-order valence-corrected chi connectivity index (χ1v) is 8.35. The summed E-state index contributed by atoms with van der Waals surface area (Å²) in [5.74, 6) is -2.16. The number of carbonyl (C=O) groups excluding carboxylic acids is 2. The second kappa shape index (κ2) is 7.99. The van der Waals surface area contributed by atoms with Gasteiger partial charge in [0.05, 0.1) is 13.2 Å². The van der Waals surface area contributed by atoms with Gasteiger partial charge in [-0.1, -0.05) is 6.07 Å². The second-order valence-corrected chi connectivity index (χ2v) is 7.21. The van der Waals surface area contributed by atoms with E-state index in [1.807, 2.05) is 0 Å². The number of amides is 2. The lowest BCUT2D eigenvalue weighted by Gasteiger charge is -2.34. The molecule has 1 aliphatic heterocycles. The lowest BCUT2D eigenvalue weighted by Crippen LogP contribution is -2.47. The predicted molar refractivity (Wildman–Crippen MR) is 90.5 cm³/mol. The van der Waals surface area contributed by atoms with Crippen LogP contribution >= 0.6 is 0 Å². The maximum absolute atomic E-state index is 13.4. The Morgan fingerprint density at radius 3 is 2.62 bits per heavy atom. The maximum atomic E-state index is 13.4. The molecule has 1 aliphatic rings. The molecule has 0 aliphatic carbocycles. The zero-order valence-corrected chi connectivity index (χ0v) is 15.4. The third-order valence-electron chi connectivity index (χ3n) is 3.81. The van der Waals surface area contributed by atoms with Gasteiger partial charge < -0.3 is 19.3 Å². The first-order chi connectivity index (χ1) is 12.1. The van der Waals surface area contributed by atoms with Crippen molar-refractivity contribution in [3.8, 4) is 0 Å². The van der Waals surface area contributed by atoms with Gasteiger partial charge in [0, 0.05) is 13.6 Å². The smallest absolute Gasteiger partial charge is 0.410 e. The molecule has 0 aromatic heterocycles. The molecule has 2 rings (SSSR count). The molecule has 26 heavy (non-hydrogen) atoms. The van der Waals surface area contributed by atoms with Gasteiger partial charge in [-0.25, -0.2) is 13.6 Å². The average Bonchev–Trinajstić information content (AvgIpc) is 2.55. The van der Waals surface area contributed by atoms with Crippen LogP contribution < -0.4 is 0 Å². The normalized spacial score (nSPS) is 17.8. The first-order valence-electron chi connectivity index (χ1n) is 8.35. The summed E-state index contributed by atoms with van der Waals surface area (Å²) in [5.41, 5.74) is -0.188. The molecule has 1 aromatic carbocycles. The lowest BCUT2D eigenvalue weighted by molar-refractivity contribution is -0.139. The van der Waals surface area contributed by atoms with Crippen molar-refractivity contribution in [3.63, 3.8) is 0 Å². The summed E-state index contributed by atoms with van der Waals surface area (Å²) in [6, 6.07) is 3.54. The molecular formula is C18H24F2N2O4. The van der Waals surface area contributed by atoms with Crippen molar-refractivity contribution in [3.05, 3.63) is 35.4 Å². The van der Waals surface area contributed by atoms with Crippen LogP contribution in [0.5, 0.6) is 0 Å². The van der Waals surface area contributed by atoms with E-state index in [4.69, 9.17) is 9.47 Å². The topological polar surface area (TPSA) is 59.1 Å². The molecular weight excluding hydrogens is 346 g/mol. The molecule has 0 bridgehead atoms. The zero-order chi connectivity index (χ0) is 19.5. The van der Waals surface area contributed by atoms with Crippen molar-refractivity contribution in [2.75, 3.05) is 33.3 Å². The predicted octanol–water partition coefficient (Wildman–Crippen LogP) is 2.73. The summed E-state index contributed by atoms with van der Waals surface area (Å²) in [6.07, 6.45) is -1.13. The highest BCUT2D eigenvalue weighted by Gasteiger charge is 2.28. The molecule has 1 aromatic rings. The van der Waals surface area contributed by atoms with Crippen LogP contribution in [0.25, 0.3) is 0 Å². The molecule has 1 heterocycles. The number of benzene rings is 1. The van der Waals surface area contributed by atoms with E-state index in [9.17, 15) is 18.4 Å². The molecule has 6 nitrogen and oxygen atoms in total. The monoisotopic (exact) mass is 370 g/mol. The Hall–Kier alpha value is -2.22. The number of morpholine rings is 1. The number of carbonyl (C=O) groups is 2. The quantitative estimate of drug-likeness (QED) is 0.821. The van der Waals surface area contributed by atoms with Gasteiger partial charge in [0.15, 0.2) is 11.6 Å². The van der Waals surface area contributed by atoms with E-state index in [2.05, 4.69) is 0 Å². The van der Waals surface area contributed by atoms with E-state index < -0.39 is 29.4 Å². The summed E-state index contributed by atoms with van der Waals surface area (Å²) in [7, 11) is 1.49. The molecule has 1 saturated heterocycles. The van der Waals surface area contributed by atoms with Crippen LogP contribution in [-0.2, 0) is 14.3 Å². The van der Waals surface area contributed by atoms with Gasteiger partial charge in [0.2, 0.25) is 5.91 Å². The van der Waals surface area contributed by atoms with Gasteiger partial charge in [-0.15, -0.1) is 0 Å². The molecule has 1 fully saturated rings. The van der Waals surface area contributed by atoms with E-state index in [0.717, 1.165) is 12.1 Å². The number of halogens is 2. The molecule has 0 saturated carbocycles. The van der Waals surface area contributed by atoms with Crippen LogP contribution in [-0.4, -0.2) is 60.7 Å². The standard InChI is InChI=1S/C18H24F2N2O4/c1-18(2,3)26-17(24)21(4)11-16(23)22-7-8-25-15(10-22)12-5-6-13(19)14(20)9-12/h5-6,9,15H,7-8,10-11H2,1-4H3. The summed E-state index contributed by atoms with van der Waals surface area (Å²) < 4.78 is 37.3. The third-order valence-corrected chi connectivity index (χ3v) is 3.81. The Kier molecular flexibility index (Phi) is 6.17. The van der Waals surface area contributed by atoms with Crippen LogP contribution in [0.3, 0.4) is 0 Å². The highest BCUT2D eigenvalue weighted by atomic mass is 19.2. The first kappa shape index (κ1) is 20.1. The summed E-state index contributed by atoms with van der Waals surface area (Å²) in [5, 5.41) is 0. The van der Waals surface area contributed by atoms with Gasteiger partial charge >= 0.3 is 6.09 Å².